The predicted octanol–water partition coefficient (Wildman–Crippen LogP) is 5.02. The molecular formula is C28H32FN3O3. The second kappa shape index (κ2) is 8.97. The fourth-order valence-electron chi connectivity index (χ4n) is 5.94. The summed E-state index contributed by atoms with van der Waals surface area (Å²) < 4.78 is 33.3. The summed E-state index contributed by atoms with van der Waals surface area (Å²) in [6, 6.07) is 17.1. The lowest BCUT2D eigenvalue weighted by molar-refractivity contribution is -0.172. The molecule has 3 aliphatic heterocycles. The molecule has 0 aliphatic carbocycles. The number of hydrogen-bond donors (Lipinski definition) is 1. The first-order chi connectivity index (χ1) is 17.1. The monoisotopic (exact) mass is 477 g/mol. The van der Waals surface area contributed by atoms with Gasteiger partial charge in [-0.1, -0.05) is 12.1 Å². The molecule has 0 amide bonds. The molecule has 0 saturated carbocycles. The second-order valence-electron chi connectivity index (χ2n) is 9.76. The molecule has 2 fully saturated rings. The minimum Gasteiger partial charge on any atom is -0.497 e. The van der Waals surface area contributed by atoms with Crippen molar-refractivity contribution in [2.75, 3.05) is 45.3 Å². The number of fused-ring (bicyclic) bond motifs is 4. The number of ether oxygens (including phenoxy) is 3. The summed E-state index contributed by atoms with van der Waals surface area (Å²) in [6.07, 6.45) is 5.93. The second-order valence-corrected chi connectivity index (χ2v) is 9.76. The Bertz CT molecular complexity index is 1180. The van der Waals surface area contributed by atoms with Gasteiger partial charge in [-0.05, 0) is 62.2 Å². The zero-order valence-corrected chi connectivity index (χ0v) is 20.1. The van der Waals surface area contributed by atoms with Gasteiger partial charge in [0.05, 0.1) is 37.2 Å². The van der Waals surface area contributed by atoms with Crippen LogP contribution in [0.5, 0.6) is 5.75 Å². The number of benzene rings is 2. The van der Waals surface area contributed by atoms with Gasteiger partial charge in [0, 0.05) is 43.0 Å². The van der Waals surface area contributed by atoms with Gasteiger partial charge in [0.15, 0.2) is 5.79 Å². The van der Waals surface area contributed by atoms with Crippen LogP contribution in [0.15, 0.2) is 60.8 Å². The Morgan fingerprint density at radius 1 is 1.03 bits per heavy atom. The van der Waals surface area contributed by atoms with Gasteiger partial charge in [0.1, 0.15) is 11.6 Å². The molecule has 35 heavy (non-hydrogen) atoms. The lowest BCUT2D eigenvalue weighted by Gasteiger charge is -2.46. The number of nitrogens with zero attached hydrogens (tertiary/aromatic N) is 2. The molecule has 3 aromatic rings. The highest BCUT2D eigenvalue weighted by Crippen LogP contribution is 2.44. The Kier molecular flexibility index (Phi) is 5.79. The molecule has 0 atom stereocenters. The largest absolute Gasteiger partial charge is 0.497 e. The quantitative estimate of drug-likeness (QED) is 0.540. The van der Waals surface area contributed by atoms with Crippen LogP contribution in [0.1, 0.15) is 36.9 Å². The molecule has 6 rings (SSSR count). The first kappa shape index (κ1) is 22.6. The number of aromatic nitrogens is 1. The Morgan fingerprint density at radius 3 is 2.54 bits per heavy atom. The highest BCUT2D eigenvalue weighted by atomic mass is 19.1. The van der Waals surface area contributed by atoms with Crippen LogP contribution >= 0.6 is 0 Å². The van der Waals surface area contributed by atoms with Gasteiger partial charge in [-0.3, -0.25) is 0 Å². The Hall–Kier alpha value is -2.87. The van der Waals surface area contributed by atoms with Gasteiger partial charge in [-0.2, -0.15) is 0 Å². The van der Waals surface area contributed by atoms with Gasteiger partial charge in [-0.25, -0.2) is 4.39 Å². The summed E-state index contributed by atoms with van der Waals surface area (Å²) in [6.45, 7) is 4.16. The van der Waals surface area contributed by atoms with Gasteiger partial charge in [0.2, 0.25) is 0 Å². The van der Waals surface area contributed by atoms with E-state index in [0.717, 1.165) is 62.3 Å². The highest BCUT2D eigenvalue weighted by Gasteiger charge is 2.42. The molecule has 0 radical (unpaired) electrons. The van der Waals surface area contributed by atoms with Crippen molar-refractivity contribution in [1.29, 1.82) is 0 Å². The third-order valence-corrected chi connectivity index (χ3v) is 7.80. The molecule has 1 spiro atoms. The van der Waals surface area contributed by atoms with Crippen LogP contribution < -0.4 is 10.1 Å². The standard InChI is InChI=1S/C28H32FN3O3/c1-33-23-9-10-25-24(20-23)30-27(26-4-2-15-32(25)26)12-16-31(17-13-27)14-3-11-28(34-18-19-35-28)21-5-7-22(29)8-6-21/h2,4-10,15,20,30H,3,11-14,16-19H2,1H3. The van der Waals surface area contributed by atoms with Gasteiger partial charge in [0.25, 0.3) is 0 Å². The summed E-state index contributed by atoms with van der Waals surface area (Å²) in [4.78, 5) is 2.54. The number of halogens is 1. The predicted molar refractivity (Wildman–Crippen MR) is 133 cm³/mol. The first-order valence-corrected chi connectivity index (χ1v) is 12.5. The zero-order chi connectivity index (χ0) is 23.9. The van der Waals surface area contributed by atoms with Crippen molar-refractivity contribution in [3.63, 3.8) is 0 Å². The normalized spacial score (nSPS) is 20.3. The molecule has 1 N–H and O–H groups in total. The smallest absolute Gasteiger partial charge is 0.195 e. The molecule has 0 unspecified atom stereocenters. The molecule has 7 heteroatoms. The van der Waals surface area contributed by atoms with Crippen LogP contribution in [-0.2, 0) is 20.8 Å². The Morgan fingerprint density at radius 2 is 1.80 bits per heavy atom. The summed E-state index contributed by atoms with van der Waals surface area (Å²) in [7, 11) is 1.71. The van der Waals surface area contributed by atoms with Gasteiger partial charge >= 0.3 is 0 Å². The van der Waals surface area contributed by atoms with Crippen molar-refractivity contribution >= 4 is 5.69 Å². The first-order valence-electron chi connectivity index (χ1n) is 12.5. The molecule has 1 aromatic heterocycles. The molecule has 184 valence electrons. The maximum Gasteiger partial charge on any atom is 0.195 e. The summed E-state index contributed by atoms with van der Waals surface area (Å²) in [5, 5.41) is 3.88. The number of rotatable bonds is 6. The fourth-order valence-corrected chi connectivity index (χ4v) is 5.94. The van der Waals surface area contributed by atoms with Crippen LogP contribution in [0.4, 0.5) is 10.1 Å². The third kappa shape index (κ3) is 4.01. The maximum atomic E-state index is 13.4. The van der Waals surface area contributed by atoms with E-state index in [4.69, 9.17) is 14.2 Å². The van der Waals surface area contributed by atoms with Gasteiger partial charge < -0.3 is 29.0 Å². The number of anilines is 1. The van der Waals surface area contributed by atoms with E-state index in [1.807, 2.05) is 6.07 Å². The summed E-state index contributed by atoms with van der Waals surface area (Å²) in [5.41, 5.74) is 4.44. The minimum absolute atomic E-state index is 0.0770. The number of nitrogens with one attached hydrogen (secondary N) is 1. The molecular weight excluding hydrogens is 445 g/mol. The van der Waals surface area contributed by atoms with Crippen LogP contribution in [0, 0.1) is 5.82 Å². The van der Waals surface area contributed by atoms with E-state index in [1.165, 1.54) is 23.5 Å². The van der Waals surface area contributed by atoms with Crippen molar-refractivity contribution in [2.45, 2.75) is 37.0 Å². The van der Waals surface area contributed by atoms with E-state index >= 15 is 0 Å². The van der Waals surface area contributed by atoms with Crippen LogP contribution in [0.25, 0.3) is 5.69 Å². The molecule has 0 bridgehead atoms. The van der Waals surface area contributed by atoms with Crippen molar-refractivity contribution in [3.05, 3.63) is 77.9 Å². The van der Waals surface area contributed by atoms with Crippen molar-refractivity contribution in [3.8, 4) is 11.4 Å². The van der Waals surface area contributed by atoms with E-state index in [2.05, 4.69) is 45.2 Å². The molecule has 6 nitrogen and oxygen atoms in total. The minimum atomic E-state index is -0.751. The number of piperidine rings is 1. The third-order valence-electron chi connectivity index (χ3n) is 7.80. The number of likely N-dealkylation sites (tertiary alicyclic amines) is 1. The molecule has 2 saturated heterocycles. The zero-order valence-electron chi connectivity index (χ0n) is 20.1. The van der Waals surface area contributed by atoms with E-state index in [9.17, 15) is 4.39 Å². The maximum absolute atomic E-state index is 13.4. The number of hydrogen-bond acceptors (Lipinski definition) is 5. The van der Waals surface area contributed by atoms with Crippen LogP contribution in [-0.4, -0.2) is 49.4 Å². The lowest BCUT2D eigenvalue weighted by atomic mass is 9.82. The Balaban J connectivity index is 1.11. The van der Waals surface area contributed by atoms with Crippen LogP contribution in [0.2, 0.25) is 0 Å². The SMILES string of the molecule is COc1ccc2c(c1)NC1(CCN(CCCC3(c4ccc(F)cc4)OCCO3)CC1)c1cccn1-2. The van der Waals surface area contributed by atoms with Gasteiger partial charge in [-0.15, -0.1) is 0 Å². The summed E-state index contributed by atoms with van der Waals surface area (Å²) in [5.74, 6) is -0.127. The average Bonchev–Trinajstić information content (AvgIpc) is 3.57. The Labute approximate surface area is 205 Å². The highest BCUT2D eigenvalue weighted by molar-refractivity contribution is 5.69. The summed E-state index contributed by atoms with van der Waals surface area (Å²) >= 11 is 0. The van der Waals surface area contributed by atoms with E-state index in [-0.39, 0.29) is 11.4 Å². The topological polar surface area (TPSA) is 47.9 Å². The average molecular weight is 478 g/mol. The molecule has 2 aromatic carbocycles. The van der Waals surface area contributed by atoms with E-state index < -0.39 is 5.79 Å². The van der Waals surface area contributed by atoms with Crippen LogP contribution in [0.3, 0.4) is 0 Å². The van der Waals surface area contributed by atoms with Crippen molar-refractivity contribution < 1.29 is 18.6 Å². The number of methoxy groups -OCH3 is 1. The fraction of sp³-hybridized carbons (Fsp3) is 0.429. The van der Waals surface area contributed by atoms with Crippen molar-refractivity contribution in [1.82, 2.24) is 9.47 Å². The van der Waals surface area contributed by atoms with E-state index in [1.54, 1.807) is 19.2 Å². The lowest BCUT2D eigenvalue weighted by Crippen LogP contribution is -2.49. The molecule has 3 aliphatic rings. The van der Waals surface area contributed by atoms with Crippen molar-refractivity contribution in [2.24, 2.45) is 0 Å². The van der Waals surface area contributed by atoms with E-state index in [0.29, 0.717) is 13.2 Å². The molecule has 4 heterocycles.